The zero-order valence-electron chi connectivity index (χ0n) is 13.3. The molecule has 3 aromatic rings. The van der Waals surface area contributed by atoms with Crippen LogP contribution in [0.2, 0.25) is 0 Å². The fourth-order valence-corrected chi connectivity index (χ4v) is 2.20. The fraction of sp³-hybridized carbons (Fsp3) is 0.0588. The Labute approximate surface area is 146 Å². The molecule has 0 unspecified atom stereocenters. The van der Waals surface area contributed by atoms with E-state index in [2.05, 4.69) is 10.6 Å². The molecule has 0 fully saturated rings. The molecule has 0 radical (unpaired) electrons. The molecule has 3 rings (SSSR count). The highest BCUT2D eigenvalue weighted by Crippen LogP contribution is 2.19. The third kappa shape index (κ3) is 3.78. The minimum absolute atomic E-state index is 0.193. The number of benzene rings is 1. The zero-order chi connectivity index (χ0) is 18.5. The van der Waals surface area contributed by atoms with Crippen molar-refractivity contribution in [3.63, 3.8) is 0 Å². The van der Waals surface area contributed by atoms with Crippen LogP contribution in [0.1, 0.15) is 26.7 Å². The lowest BCUT2D eigenvalue weighted by molar-refractivity contribution is -0.402. The van der Waals surface area contributed by atoms with Gasteiger partial charge in [-0.05, 0) is 30.3 Å². The highest BCUT2D eigenvalue weighted by molar-refractivity contribution is 6.07. The number of rotatable bonds is 6. The van der Waals surface area contributed by atoms with Crippen LogP contribution in [0.3, 0.4) is 0 Å². The van der Waals surface area contributed by atoms with Crippen molar-refractivity contribution < 1.29 is 23.3 Å². The molecule has 0 saturated heterocycles. The number of hydrogen-bond acceptors (Lipinski definition) is 6. The van der Waals surface area contributed by atoms with E-state index in [4.69, 9.17) is 8.83 Å². The number of furan rings is 2. The Kier molecular flexibility index (Phi) is 4.79. The van der Waals surface area contributed by atoms with Gasteiger partial charge in [0.15, 0.2) is 5.76 Å². The van der Waals surface area contributed by atoms with Crippen molar-refractivity contribution in [3.8, 4) is 0 Å². The number of hydrogen-bond donors (Lipinski definition) is 2. The van der Waals surface area contributed by atoms with E-state index in [1.807, 2.05) is 0 Å². The minimum Gasteiger partial charge on any atom is -0.467 e. The average Bonchev–Trinajstić information content (AvgIpc) is 3.32. The molecule has 2 N–H and O–H groups in total. The minimum atomic E-state index is -0.743. The van der Waals surface area contributed by atoms with Gasteiger partial charge in [0.1, 0.15) is 10.7 Å². The van der Waals surface area contributed by atoms with E-state index in [-0.39, 0.29) is 23.6 Å². The van der Waals surface area contributed by atoms with E-state index >= 15 is 0 Å². The lowest BCUT2D eigenvalue weighted by atomic mass is 10.1. The van der Waals surface area contributed by atoms with Crippen LogP contribution < -0.4 is 10.6 Å². The first-order chi connectivity index (χ1) is 12.5. The number of anilines is 1. The van der Waals surface area contributed by atoms with Crippen LogP contribution in [-0.4, -0.2) is 16.7 Å². The van der Waals surface area contributed by atoms with E-state index in [0.717, 1.165) is 6.07 Å². The highest BCUT2D eigenvalue weighted by atomic mass is 16.6. The van der Waals surface area contributed by atoms with Crippen LogP contribution in [0.15, 0.2) is 63.6 Å². The van der Waals surface area contributed by atoms with E-state index in [1.165, 1.54) is 24.5 Å². The zero-order valence-corrected chi connectivity index (χ0v) is 13.3. The summed E-state index contributed by atoms with van der Waals surface area (Å²) >= 11 is 0. The number of carbonyl (C=O) groups excluding carboxylic acids is 2. The summed E-state index contributed by atoms with van der Waals surface area (Å²) in [7, 11) is 0. The van der Waals surface area contributed by atoms with Crippen molar-refractivity contribution in [1.82, 2.24) is 5.32 Å². The summed E-state index contributed by atoms with van der Waals surface area (Å²) in [4.78, 5) is 34.4. The van der Waals surface area contributed by atoms with Crippen molar-refractivity contribution >= 4 is 23.4 Å². The van der Waals surface area contributed by atoms with Crippen LogP contribution in [0.25, 0.3) is 0 Å². The fourth-order valence-electron chi connectivity index (χ4n) is 2.20. The molecule has 0 aliphatic heterocycles. The molecule has 2 amide bonds. The van der Waals surface area contributed by atoms with E-state index < -0.39 is 22.6 Å². The summed E-state index contributed by atoms with van der Waals surface area (Å²) in [6.07, 6.45) is 1.50. The van der Waals surface area contributed by atoms with Crippen molar-refractivity contribution in [1.29, 1.82) is 0 Å². The molecule has 0 atom stereocenters. The number of para-hydroxylation sites is 1. The number of nitrogens with zero attached hydrogens (tertiary/aromatic N) is 1. The van der Waals surface area contributed by atoms with Gasteiger partial charge in [-0.2, -0.15) is 0 Å². The predicted molar refractivity (Wildman–Crippen MR) is 89.6 cm³/mol. The van der Waals surface area contributed by atoms with Gasteiger partial charge in [0, 0.05) is 0 Å². The molecule has 0 bridgehead atoms. The molecule has 2 heterocycles. The molecule has 132 valence electrons. The SMILES string of the molecule is O=C(Nc1ccccc1C(=O)NCc1ccco1)c1ccc([N+](=O)[O-])o1. The second-order valence-electron chi connectivity index (χ2n) is 5.16. The molecule has 26 heavy (non-hydrogen) atoms. The maximum atomic E-state index is 12.4. The van der Waals surface area contributed by atoms with Gasteiger partial charge in [0.2, 0.25) is 0 Å². The molecule has 1 aromatic carbocycles. The lowest BCUT2D eigenvalue weighted by Crippen LogP contribution is -2.24. The maximum absolute atomic E-state index is 12.4. The second-order valence-corrected chi connectivity index (χ2v) is 5.16. The lowest BCUT2D eigenvalue weighted by Gasteiger charge is -2.10. The summed E-state index contributed by atoms with van der Waals surface area (Å²) in [5, 5.41) is 15.8. The molecular formula is C17H13N3O6. The Morgan fingerprint density at radius 3 is 2.54 bits per heavy atom. The third-order valence-corrected chi connectivity index (χ3v) is 3.42. The second kappa shape index (κ2) is 7.34. The van der Waals surface area contributed by atoms with Gasteiger partial charge < -0.3 is 19.5 Å². The summed E-state index contributed by atoms with van der Waals surface area (Å²) in [5.41, 5.74) is 0.474. The summed E-state index contributed by atoms with van der Waals surface area (Å²) in [6, 6.07) is 12.1. The van der Waals surface area contributed by atoms with Gasteiger partial charge >= 0.3 is 5.88 Å². The maximum Gasteiger partial charge on any atom is 0.433 e. The van der Waals surface area contributed by atoms with Crippen molar-refractivity contribution in [2.24, 2.45) is 0 Å². The Hall–Kier alpha value is -3.88. The quantitative estimate of drug-likeness (QED) is 0.517. The number of carbonyl (C=O) groups is 2. The average molecular weight is 355 g/mol. The molecule has 0 saturated carbocycles. The van der Waals surface area contributed by atoms with Gasteiger partial charge in [-0.15, -0.1) is 0 Å². The van der Waals surface area contributed by atoms with Gasteiger partial charge in [0.05, 0.1) is 30.1 Å². The largest absolute Gasteiger partial charge is 0.467 e. The monoisotopic (exact) mass is 355 g/mol. The normalized spacial score (nSPS) is 10.3. The molecule has 0 aliphatic rings. The standard InChI is InChI=1S/C17H13N3O6/c21-16(18-10-11-4-3-9-25-11)12-5-1-2-6-13(12)19-17(22)14-7-8-15(26-14)20(23)24/h1-9H,10H2,(H,18,21)(H,19,22). The number of nitrogens with one attached hydrogen (secondary N) is 2. The van der Waals surface area contributed by atoms with Crippen molar-refractivity contribution in [2.75, 3.05) is 5.32 Å². The Morgan fingerprint density at radius 1 is 1.04 bits per heavy atom. The topological polar surface area (TPSA) is 128 Å². The number of nitro groups is 1. The summed E-state index contributed by atoms with van der Waals surface area (Å²) in [6.45, 7) is 0.193. The Bertz CT molecular complexity index is 945. The van der Waals surface area contributed by atoms with E-state index in [1.54, 1.807) is 24.3 Å². The molecule has 0 spiro atoms. The van der Waals surface area contributed by atoms with Gasteiger partial charge in [-0.3, -0.25) is 19.7 Å². The number of amides is 2. The predicted octanol–water partition coefficient (Wildman–Crippen LogP) is 2.96. The first-order valence-corrected chi connectivity index (χ1v) is 7.50. The van der Waals surface area contributed by atoms with Gasteiger partial charge in [-0.25, -0.2) is 0 Å². The van der Waals surface area contributed by atoms with Crippen molar-refractivity contribution in [2.45, 2.75) is 6.54 Å². The van der Waals surface area contributed by atoms with E-state index in [0.29, 0.717) is 5.76 Å². The van der Waals surface area contributed by atoms with Crippen LogP contribution in [0.4, 0.5) is 11.6 Å². The molecule has 9 nitrogen and oxygen atoms in total. The first kappa shape index (κ1) is 17.0. The van der Waals surface area contributed by atoms with E-state index in [9.17, 15) is 19.7 Å². The van der Waals surface area contributed by atoms with Gasteiger partial charge in [-0.1, -0.05) is 12.1 Å². The van der Waals surface area contributed by atoms with Crippen LogP contribution in [-0.2, 0) is 6.54 Å². The highest BCUT2D eigenvalue weighted by Gasteiger charge is 2.19. The molecular weight excluding hydrogens is 342 g/mol. The third-order valence-electron chi connectivity index (χ3n) is 3.42. The van der Waals surface area contributed by atoms with Crippen molar-refractivity contribution in [3.05, 3.63) is 82.0 Å². The Morgan fingerprint density at radius 2 is 1.85 bits per heavy atom. The summed E-state index contributed by atoms with van der Waals surface area (Å²) < 4.78 is 9.99. The van der Waals surface area contributed by atoms with Crippen LogP contribution in [0, 0.1) is 10.1 Å². The van der Waals surface area contributed by atoms with Gasteiger partial charge in [0.25, 0.3) is 11.8 Å². The Balaban J connectivity index is 1.72. The van der Waals surface area contributed by atoms with Crippen LogP contribution >= 0.6 is 0 Å². The smallest absolute Gasteiger partial charge is 0.433 e. The molecule has 9 heteroatoms. The molecule has 2 aromatic heterocycles. The molecule has 0 aliphatic carbocycles. The van der Waals surface area contributed by atoms with Crippen LogP contribution in [0.5, 0.6) is 0 Å². The first-order valence-electron chi connectivity index (χ1n) is 7.50. The summed E-state index contributed by atoms with van der Waals surface area (Å²) in [5.74, 6) is -1.31.